The lowest BCUT2D eigenvalue weighted by Crippen LogP contribution is -1.98. The van der Waals surface area contributed by atoms with Crippen molar-refractivity contribution in [2.45, 2.75) is 6.92 Å². The summed E-state index contributed by atoms with van der Waals surface area (Å²) >= 11 is 0. The molecule has 0 aliphatic carbocycles. The van der Waals surface area contributed by atoms with Crippen LogP contribution in [0.3, 0.4) is 0 Å². The molecule has 3 nitrogen and oxygen atoms in total. The average molecular weight is 333 g/mol. The molecule has 4 rings (SSSR count). The molecule has 2 heterocycles. The molecular formula is C20H13F2N3. The zero-order chi connectivity index (χ0) is 17.4. The van der Waals surface area contributed by atoms with Gasteiger partial charge in [-0.2, -0.15) is 0 Å². The van der Waals surface area contributed by atoms with E-state index in [1.165, 1.54) is 12.1 Å². The number of fused-ring (bicyclic) bond motifs is 1. The van der Waals surface area contributed by atoms with Crippen molar-refractivity contribution >= 4 is 10.9 Å². The van der Waals surface area contributed by atoms with E-state index < -0.39 is 11.6 Å². The minimum absolute atomic E-state index is 0.366. The van der Waals surface area contributed by atoms with Gasteiger partial charge >= 0.3 is 0 Å². The van der Waals surface area contributed by atoms with E-state index in [9.17, 15) is 8.78 Å². The van der Waals surface area contributed by atoms with Crippen molar-refractivity contribution in [3.63, 3.8) is 0 Å². The average Bonchev–Trinajstić information content (AvgIpc) is 2.60. The molecular weight excluding hydrogens is 320 g/mol. The molecule has 2 aromatic carbocycles. The molecule has 0 atom stereocenters. The van der Waals surface area contributed by atoms with Gasteiger partial charge in [-0.15, -0.1) is 0 Å². The van der Waals surface area contributed by atoms with Crippen molar-refractivity contribution in [1.82, 2.24) is 15.0 Å². The molecule has 0 aliphatic heterocycles. The van der Waals surface area contributed by atoms with Gasteiger partial charge in [-0.3, -0.25) is 0 Å². The molecule has 0 fully saturated rings. The lowest BCUT2D eigenvalue weighted by molar-refractivity contribution is 0.584. The molecule has 0 radical (unpaired) electrons. The van der Waals surface area contributed by atoms with E-state index in [1.807, 2.05) is 49.4 Å². The Morgan fingerprint density at radius 1 is 0.760 bits per heavy atom. The Balaban J connectivity index is 2.02. The maximum Gasteiger partial charge on any atom is 0.179 e. The number of rotatable bonds is 2. The van der Waals surface area contributed by atoms with Gasteiger partial charge in [-0.1, -0.05) is 24.3 Å². The Bertz CT molecular complexity index is 1070. The molecule has 0 unspecified atom stereocenters. The third-order valence-electron chi connectivity index (χ3n) is 3.86. The minimum atomic E-state index is -0.645. The van der Waals surface area contributed by atoms with Crippen LogP contribution >= 0.6 is 0 Å². The van der Waals surface area contributed by atoms with E-state index in [2.05, 4.69) is 15.0 Å². The van der Waals surface area contributed by atoms with Crippen molar-refractivity contribution in [2.24, 2.45) is 0 Å². The third-order valence-corrected chi connectivity index (χ3v) is 3.86. The standard InChI is InChI=1S/C20H13F2N3/c1-12-5-4-8-18(23-12)20-24-17-7-3-2-6-16(17)19(25-20)13-9-14(21)11-15(22)10-13/h2-11H,1H3. The number of aromatic nitrogens is 3. The quantitative estimate of drug-likeness (QED) is 0.521. The summed E-state index contributed by atoms with van der Waals surface area (Å²) in [6.45, 7) is 1.88. The first-order chi connectivity index (χ1) is 12.1. The van der Waals surface area contributed by atoms with Crippen molar-refractivity contribution in [1.29, 1.82) is 0 Å². The molecule has 122 valence electrons. The number of aryl methyl sites for hydroxylation is 1. The molecule has 0 N–H and O–H groups in total. The zero-order valence-corrected chi connectivity index (χ0v) is 13.4. The fourth-order valence-electron chi connectivity index (χ4n) is 2.77. The van der Waals surface area contributed by atoms with Crippen LogP contribution in [0.15, 0.2) is 60.7 Å². The maximum absolute atomic E-state index is 13.7. The summed E-state index contributed by atoms with van der Waals surface area (Å²) in [5.74, 6) is -0.872. The van der Waals surface area contributed by atoms with Crippen LogP contribution < -0.4 is 0 Å². The number of hydrogen-bond acceptors (Lipinski definition) is 3. The maximum atomic E-state index is 13.7. The Morgan fingerprint density at radius 3 is 2.28 bits per heavy atom. The second-order valence-corrected chi connectivity index (χ2v) is 5.74. The molecule has 4 aromatic rings. The Morgan fingerprint density at radius 2 is 1.52 bits per heavy atom. The van der Waals surface area contributed by atoms with Crippen LogP contribution in [-0.4, -0.2) is 15.0 Å². The second kappa shape index (κ2) is 6.02. The smallest absolute Gasteiger partial charge is 0.179 e. The number of pyridine rings is 1. The molecule has 0 aliphatic rings. The molecule has 0 bridgehead atoms. The summed E-state index contributed by atoms with van der Waals surface area (Å²) in [4.78, 5) is 13.6. The van der Waals surface area contributed by atoms with E-state index in [1.54, 1.807) is 0 Å². The highest BCUT2D eigenvalue weighted by atomic mass is 19.1. The molecule has 25 heavy (non-hydrogen) atoms. The molecule has 0 amide bonds. The number of nitrogens with zero attached hydrogens (tertiary/aromatic N) is 3. The van der Waals surface area contributed by atoms with Crippen LogP contribution in [0.5, 0.6) is 0 Å². The van der Waals surface area contributed by atoms with Gasteiger partial charge in [0.1, 0.15) is 17.3 Å². The van der Waals surface area contributed by atoms with E-state index in [0.717, 1.165) is 17.1 Å². The number of benzene rings is 2. The van der Waals surface area contributed by atoms with Crippen LogP contribution in [0.4, 0.5) is 8.78 Å². The van der Waals surface area contributed by atoms with E-state index >= 15 is 0 Å². The summed E-state index contributed by atoms with van der Waals surface area (Å²) in [7, 11) is 0. The van der Waals surface area contributed by atoms with Gasteiger partial charge < -0.3 is 0 Å². The van der Waals surface area contributed by atoms with Crippen molar-refractivity contribution in [2.75, 3.05) is 0 Å². The highest BCUT2D eigenvalue weighted by Gasteiger charge is 2.13. The van der Waals surface area contributed by atoms with Gasteiger partial charge in [-0.25, -0.2) is 23.7 Å². The first-order valence-electron chi connectivity index (χ1n) is 7.77. The SMILES string of the molecule is Cc1cccc(-c2nc(-c3cc(F)cc(F)c3)c3ccccc3n2)n1. The lowest BCUT2D eigenvalue weighted by Gasteiger charge is -2.09. The first-order valence-corrected chi connectivity index (χ1v) is 7.77. The summed E-state index contributed by atoms with van der Waals surface area (Å²) < 4.78 is 27.4. The monoisotopic (exact) mass is 333 g/mol. The molecule has 0 saturated carbocycles. The van der Waals surface area contributed by atoms with Crippen LogP contribution in [0.2, 0.25) is 0 Å². The topological polar surface area (TPSA) is 38.7 Å². The lowest BCUT2D eigenvalue weighted by atomic mass is 10.1. The summed E-state index contributed by atoms with van der Waals surface area (Å²) in [6, 6.07) is 16.3. The van der Waals surface area contributed by atoms with E-state index in [4.69, 9.17) is 0 Å². The fraction of sp³-hybridized carbons (Fsp3) is 0.0500. The number of halogens is 2. The summed E-state index contributed by atoms with van der Waals surface area (Å²) in [6.07, 6.45) is 0. The second-order valence-electron chi connectivity index (χ2n) is 5.74. The van der Waals surface area contributed by atoms with Gasteiger partial charge in [0, 0.05) is 22.7 Å². The van der Waals surface area contributed by atoms with Gasteiger partial charge in [0.25, 0.3) is 0 Å². The van der Waals surface area contributed by atoms with Crippen LogP contribution in [0, 0.1) is 18.6 Å². The third kappa shape index (κ3) is 2.96. The van der Waals surface area contributed by atoms with Crippen molar-refractivity contribution in [3.8, 4) is 22.8 Å². The van der Waals surface area contributed by atoms with Crippen molar-refractivity contribution < 1.29 is 8.78 Å². The normalized spacial score (nSPS) is 11.0. The van der Waals surface area contributed by atoms with Crippen LogP contribution in [-0.2, 0) is 0 Å². The minimum Gasteiger partial charge on any atom is -0.250 e. The molecule has 2 aromatic heterocycles. The van der Waals surface area contributed by atoms with Gasteiger partial charge in [0.15, 0.2) is 5.82 Å². The summed E-state index contributed by atoms with van der Waals surface area (Å²) in [5.41, 5.74) is 2.99. The Kier molecular flexibility index (Phi) is 3.69. The van der Waals surface area contributed by atoms with Crippen LogP contribution in [0.25, 0.3) is 33.7 Å². The van der Waals surface area contributed by atoms with E-state index in [-0.39, 0.29) is 0 Å². The largest absolute Gasteiger partial charge is 0.250 e. The van der Waals surface area contributed by atoms with Gasteiger partial charge in [0.05, 0.1) is 11.2 Å². The fourth-order valence-corrected chi connectivity index (χ4v) is 2.77. The van der Waals surface area contributed by atoms with E-state index in [0.29, 0.717) is 28.3 Å². The van der Waals surface area contributed by atoms with Gasteiger partial charge in [-0.05, 0) is 37.3 Å². The Hall–Kier alpha value is -3.21. The van der Waals surface area contributed by atoms with Crippen LogP contribution in [0.1, 0.15) is 5.69 Å². The Labute approximate surface area is 143 Å². The number of hydrogen-bond donors (Lipinski definition) is 0. The predicted octanol–water partition coefficient (Wildman–Crippen LogP) is 4.95. The predicted molar refractivity (Wildman–Crippen MR) is 92.9 cm³/mol. The highest BCUT2D eigenvalue weighted by Crippen LogP contribution is 2.29. The van der Waals surface area contributed by atoms with Gasteiger partial charge in [0.2, 0.25) is 0 Å². The summed E-state index contributed by atoms with van der Waals surface area (Å²) in [5, 5.41) is 0.726. The highest BCUT2D eigenvalue weighted by molar-refractivity contribution is 5.93. The molecule has 5 heteroatoms. The molecule has 0 saturated heterocycles. The molecule has 0 spiro atoms. The first kappa shape index (κ1) is 15.3. The number of para-hydroxylation sites is 1. The van der Waals surface area contributed by atoms with Crippen molar-refractivity contribution in [3.05, 3.63) is 78.0 Å². The zero-order valence-electron chi connectivity index (χ0n) is 13.4.